The molecule has 0 unspecified atom stereocenters. The van der Waals surface area contributed by atoms with Crippen molar-refractivity contribution in [3.8, 4) is 11.3 Å². The smallest absolute Gasteiger partial charge is 0.257 e. The Labute approximate surface area is 139 Å². The molecule has 1 aliphatic rings. The van der Waals surface area contributed by atoms with E-state index in [1.807, 2.05) is 36.4 Å². The van der Waals surface area contributed by atoms with E-state index >= 15 is 0 Å². The van der Waals surface area contributed by atoms with Crippen molar-refractivity contribution in [1.82, 2.24) is 20.0 Å². The average Bonchev–Trinajstić information content (AvgIpc) is 2.94. The van der Waals surface area contributed by atoms with Crippen LogP contribution >= 0.6 is 0 Å². The van der Waals surface area contributed by atoms with Crippen LogP contribution in [0.15, 0.2) is 52.0 Å². The molecule has 6 heteroatoms. The summed E-state index contributed by atoms with van der Waals surface area (Å²) in [6, 6.07) is 11.7. The summed E-state index contributed by atoms with van der Waals surface area (Å²) in [5.41, 5.74) is 3.42. The molecular formula is C18H18N4O2. The number of aromatic nitrogens is 3. The second-order valence-corrected chi connectivity index (χ2v) is 5.90. The number of fused-ring (bicyclic) bond motifs is 1. The third kappa shape index (κ3) is 2.88. The zero-order valence-electron chi connectivity index (χ0n) is 13.2. The molecule has 1 aromatic carbocycles. The number of hydrogen-bond acceptors (Lipinski definition) is 5. The first-order chi connectivity index (χ1) is 11.8. The number of benzene rings is 1. The normalized spacial score (nSPS) is 14.2. The summed E-state index contributed by atoms with van der Waals surface area (Å²) in [5, 5.41) is 7.38. The molecule has 0 bridgehead atoms. The molecule has 24 heavy (non-hydrogen) atoms. The minimum absolute atomic E-state index is 0.0213. The van der Waals surface area contributed by atoms with Crippen molar-refractivity contribution >= 4 is 0 Å². The van der Waals surface area contributed by atoms with Gasteiger partial charge in [0, 0.05) is 30.2 Å². The lowest BCUT2D eigenvalue weighted by atomic mass is 10.1. The summed E-state index contributed by atoms with van der Waals surface area (Å²) < 4.78 is 7.01. The van der Waals surface area contributed by atoms with Crippen LogP contribution in [-0.4, -0.2) is 27.8 Å². The highest BCUT2D eigenvalue weighted by molar-refractivity contribution is 5.56. The Balaban J connectivity index is 1.61. The number of nitrogens with one attached hydrogen (secondary N) is 1. The van der Waals surface area contributed by atoms with Crippen molar-refractivity contribution in [2.45, 2.75) is 19.4 Å². The standard InChI is InChI=1S/C18H18N4O2/c23-18-15-6-8-19-9-7-16(15)20-12-22(18)11-14-10-17(24-21-14)13-4-2-1-3-5-13/h1-5,10,12,19H,6-9,11H2. The molecular weight excluding hydrogens is 304 g/mol. The lowest BCUT2D eigenvalue weighted by Gasteiger charge is -2.08. The Kier molecular flexibility index (Phi) is 3.96. The molecule has 0 aliphatic carbocycles. The van der Waals surface area contributed by atoms with Crippen LogP contribution in [0.4, 0.5) is 0 Å². The largest absolute Gasteiger partial charge is 0.356 e. The highest BCUT2D eigenvalue weighted by Crippen LogP contribution is 2.20. The van der Waals surface area contributed by atoms with Crippen LogP contribution in [0.3, 0.4) is 0 Å². The summed E-state index contributed by atoms with van der Waals surface area (Å²) in [4.78, 5) is 17.2. The second-order valence-electron chi connectivity index (χ2n) is 5.90. The Morgan fingerprint density at radius 1 is 1.17 bits per heavy atom. The van der Waals surface area contributed by atoms with Crippen molar-refractivity contribution in [3.05, 3.63) is 70.0 Å². The van der Waals surface area contributed by atoms with E-state index in [1.54, 1.807) is 10.9 Å². The minimum atomic E-state index is 0.0213. The van der Waals surface area contributed by atoms with E-state index in [9.17, 15) is 4.79 Å². The molecule has 6 nitrogen and oxygen atoms in total. The van der Waals surface area contributed by atoms with Crippen LogP contribution in [0.2, 0.25) is 0 Å². The average molecular weight is 322 g/mol. The van der Waals surface area contributed by atoms with Crippen LogP contribution in [0.1, 0.15) is 17.0 Å². The Morgan fingerprint density at radius 3 is 2.88 bits per heavy atom. The molecule has 0 fully saturated rings. The van der Waals surface area contributed by atoms with Gasteiger partial charge in [-0.15, -0.1) is 0 Å². The first-order valence-electron chi connectivity index (χ1n) is 8.10. The van der Waals surface area contributed by atoms with Crippen LogP contribution in [-0.2, 0) is 19.4 Å². The van der Waals surface area contributed by atoms with Crippen molar-refractivity contribution in [1.29, 1.82) is 0 Å². The second kappa shape index (κ2) is 6.41. The lowest BCUT2D eigenvalue weighted by Crippen LogP contribution is -2.27. The summed E-state index contributed by atoms with van der Waals surface area (Å²) in [6.45, 7) is 2.05. The zero-order chi connectivity index (χ0) is 16.4. The van der Waals surface area contributed by atoms with Crippen molar-refractivity contribution < 1.29 is 4.52 Å². The van der Waals surface area contributed by atoms with Crippen molar-refractivity contribution in [3.63, 3.8) is 0 Å². The predicted octanol–water partition coefficient (Wildman–Crippen LogP) is 1.63. The van der Waals surface area contributed by atoms with Gasteiger partial charge in [-0.1, -0.05) is 35.5 Å². The number of hydrogen-bond donors (Lipinski definition) is 1. The fraction of sp³-hybridized carbons (Fsp3) is 0.278. The minimum Gasteiger partial charge on any atom is -0.356 e. The monoisotopic (exact) mass is 322 g/mol. The van der Waals surface area contributed by atoms with Gasteiger partial charge in [-0.3, -0.25) is 9.36 Å². The quantitative estimate of drug-likeness (QED) is 0.793. The lowest BCUT2D eigenvalue weighted by molar-refractivity contribution is 0.420. The SMILES string of the molecule is O=c1c2c(ncn1Cc1cc(-c3ccccc3)on1)CCNCC2. The van der Waals surface area contributed by atoms with Gasteiger partial charge in [0.05, 0.1) is 18.6 Å². The zero-order valence-corrected chi connectivity index (χ0v) is 13.2. The van der Waals surface area contributed by atoms with E-state index in [0.29, 0.717) is 18.0 Å². The van der Waals surface area contributed by atoms with Gasteiger partial charge in [0.1, 0.15) is 5.69 Å². The van der Waals surface area contributed by atoms with Gasteiger partial charge >= 0.3 is 0 Å². The highest BCUT2D eigenvalue weighted by Gasteiger charge is 2.15. The predicted molar refractivity (Wildman–Crippen MR) is 89.8 cm³/mol. The summed E-state index contributed by atoms with van der Waals surface area (Å²) in [6.07, 6.45) is 3.13. The summed E-state index contributed by atoms with van der Waals surface area (Å²) >= 11 is 0. The van der Waals surface area contributed by atoms with E-state index in [-0.39, 0.29) is 5.56 Å². The van der Waals surface area contributed by atoms with Crippen LogP contribution in [0.5, 0.6) is 0 Å². The molecule has 3 heterocycles. The Morgan fingerprint density at radius 2 is 2.00 bits per heavy atom. The molecule has 0 amide bonds. The topological polar surface area (TPSA) is 73.0 Å². The third-order valence-corrected chi connectivity index (χ3v) is 4.26. The number of rotatable bonds is 3. The molecule has 1 N–H and O–H groups in total. The molecule has 0 spiro atoms. The van der Waals surface area contributed by atoms with Crippen LogP contribution in [0.25, 0.3) is 11.3 Å². The van der Waals surface area contributed by atoms with E-state index < -0.39 is 0 Å². The van der Waals surface area contributed by atoms with E-state index in [0.717, 1.165) is 42.8 Å². The van der Waals surface area contributed by atoms with Gasteiger partial charge in [-0.05, 0) is 13.0 Å². The molecule has 3 aromatic rings. The molecule has 1 aliphatic heterocycles. The summed E-state index contributed by atoms with van der Waals surface area (Å²) in [5.74, 6) is 0.700. The van der Waals surface area contributed by atoms with E-state index in [1.165, 1.54) is 0 Å². The van der Waals surface area contributed by atoms with Gasteiger partial charge in [-0.2, -0.15) is 0 Å². The summed E-state index contributed by atoms with van der Waals surface area (Å²) in [7, 11) is 0. The fourth-order valence-electron chi connectivity index (χ4n) is 2.99. The number of nitrogens with zero attached hydrogens (tertiary/aromatic N) is 3. The van der Waals surface area contributed by atoms with E-state index in [4.69, 9.17) is 4.52 Å². The van der Waals surface area contributed by atoms with Crippen LogP contribution in [0, 0.1) is 0 Å². The molecule has 122 valence electrons. The van der Waals surface area contributed by atoms with Crippen LogP contribution < -0.4 is 10.9 Å². The molecule has 0 atom stereocenters. The van der Waals surface area contributed by atoms with Gasteiger partial charge in [0.15, 0.2) is 5.76 Å². The maximum absolute atomic E-state index is 12.7. The molecule has 2 aromatic heterocycles. The van der Waals surface area contributed by atoms with Crippen molar-refractivity contribution in [2.75, 3.05) is 13.1 Å². The Bertz CT molecular complexity index is 899. The molecule has 0 saturated heterocycles. The Hall–Kier alpha value is -2.73. The van der Waals surface area contributed by atoms with E-state index in [2.05, 4.69) is 15.5 Å². The fourth-order valence-corrected chi connectivity index (χ4v) is 2.99. The van der Waals surface area contributed by atoms with Gasteiger partial charge in [0.25, 0.3) is 5.56 Å². The third-order valence-electron chi connectivity index (χ3n) is 4.26. The van der Waals surface area contributed by atoms with Crippen molar-refractivity contribution in [2.24, 2.45) is 0 Å². The first-order valence-corrected chi connectivity index (χ1v) is 8.10. The molecule has 0 saturated carbocycles. The van der Waals surface area contributed by atoms with Gasteiger partial charge in [0.2, 0.25) is 0 Å². The molecule has 0 radical (unpaired) electrons. The van der Waals surface area contributed by atoms with Gasteiger partial charge < -0.3 is 9.84 Å². The maximum Gasteiger partial charge on any atom is 0.257 e. The highest BCUT2D eigenvalue weighted by atomic mass is 16.5. The first kappa shape index (κ1) is 14.8. The maximum atomic E-state index is 12.7. The van der Waals surface area contributed by atoms with Gasteiger partial charge in [-0.25, -0.2) is 4.98 Å². The molecule has 4 rings (SSSR count).